The van der Waals surface area contributed by atoms with E-state index < -0.39 is 0 Å². The maximum absolute atomic E-state index is 11.3. The van der Waals surface area contributed by atoms with Gasteiger partial charge in [-0.25, -0.2) is 0 Å². The largest absolute Gasteiger partial charge is 0.507 e. The van der Waals surface area contributed by atoms with Crippen LogP contribution in [-0.2, 0) is 0 Å². The lowest BCUT2D eigenvalue weighted by atomic mass is 9.91. The van der Waals surface area contributed by atoms with Crippen LogP contribution in [0.2, 0.25) is 0 Å². The van der Waals surface area contributed by atoms with Gasteiger partial charge in [0.15, 0.2) is 0 Å². The number of aliphatic imine (C=N–C) groups is 2. The average Bonchev–Trinajstić information content (AvgIpc) is 3.12. The summed E-state index contributed by atoms with van der Waals surface area (Å²) in [5.74, 6) is 0.417. The van der Waals surface area contributed by atoms with Crippen molar-refractivity contribution in [2.45, 2.75) is 13.8 Å². The second-order valence-electron chi connectivity index (χ2n) is 12.1. The molecule has 0 amide bonds. The van der Waals surface area contributed by atoms with Crippen molar-refractivity contribution in [2.24, 2.45) is 9.98 Å². The normalized spacial score (nSPS) is 12.4. The predicted octanol–water partition coefficient (Wildman–Crippen LogP) is 11.9. The molecule has 0 unspecified atom stereocenters. The number of benzene rings is 8. The number of phenols is 2. The summed E-state index contributed by atoms with van der Waals surface area (Å²) in [6.45, 7) is 3.94. The maximum atomic E-state index is 11.3. The summed E-state index contributed by atoms with van der Waals surface area (Å²) < 4.78 is 0. The van der Waals surface area contributed by atoms with Gasteiger partial charge in [-0.2, -0.15) is 0 Å². The molecule has 0 heterocycles. The Morgan fingerprint density at radius 3 is 1.00 bits per heavy atom. The number of rotatable bonds is 5. The van der Waals surface area contributed by atoms with Gasteiger partial charge in [0, 0.05) is 22.3 Å². The van der Waals surface area contributed by atoms with Crippen molar-refractivity contribution in [3.8, 4) is 33.8 Å². The summed E-state index contributed by atoms with van der Waals surface area (Å²) >= 11 is 0. The topological polar surface area (TPSA) is 65.2 Å². The Bertz CT molecular complexity index is 2430. The van der Waals surface area contributed by atoms with Crippen LogP contribution in [0.15, 0.2) is 156 Å². The molecule has 0 aliphatic carbocycles. The van der Waals surface area contributed by atoms with Gasteiger partial charge in [0.05, 0.1) is 22.8 Å². The molecule has 0 aliphatic heterocycles. The van der Waals surface area contributed by atoms with E-state index in [0.29, 0.717) is 0 Å². The van der Waals surface area contributed by atoms with Gasteiger partial charge in [0.1, 0.15) is 11.5 Å². The lowest BCUT2D eigenvalue weighted by Crippen LogP contribution is -2.05. The number of fused-ring (bicyclic) bond motifs is 4. The molecule has 8 aromatic rings. The SMILES string of the molecule is CC(=Nc1ccc2ccccc2c1-c1c(O)ccc2ccccc12)C(C)=Nc1ccc2ccccc2c1-c1c(O)ccc2ccccc12. The number of nitrogens with zero attached hydrogens (tertiary/aromatic N) is 2. The third-order valence-electron chi connectivity index (χ3n) is 9.23. The second-order valence-corrected chi connectivity index (χ2v) is 12.1. The molecular weight excluding hydrogens is 588 g/mol. The molecule has 0 aliphatic rings. The molecule has 4 nitrogen and oxygen atoms in total. The van der Waals surface area contributed by atoms with Crippen molar-refractivity contribution < 1.29 is 10.2 Å². The van der Waals surface area contributed by atoms with Crippen LogP contribution in [-0.4, -0.2) is 21.6 Å². The minimum Gasteiger partial charge on any atom is -0.507 e. The van der Waals surface area contributed by atoms with E-state index in [2.05, 4.69) is 48.5 Å². The van der Waals surface area contributed by atoms with Crippen molar-refractivity contribution in [1.82, 2.24) is 0 Å². The Morgan fingerprint density at radius 1 is 0.354 bits per heavy atom. The van der Waals surface area contributed by atoms with Crippen molar-refractivity contribution in [3.05, 3.63) is 146 Å². The molecule has 4 heteroatoms. The van der Waals surface area contributed by atoms with Crippen molar-refractivity contribution in [2.75, 3.05) is 0 Å². The summed E-state index contributed by atoms with van der Waals surface area (Å²) in [7, 11) is 0. The average molecular weight is 621 g/mol. The predicted molar refractivity (Wildman–Crippen MR) is 203 cm³/mol. The molecule has 0 aromatic heterocycles. The van der Waals surface area contributed by atoms with Gasteiger partial charge in [-0.3, -0.25) is 9.98 Å². The van der Waals surface area contributed by atoms with E-state index in [0.717, 1.165) is 88.1 Å². The lowest BCUT2D eigenvalue weighted by Gasteiger charge is -2.16. The van der Waals surface area contributed by atoms with E-state index in [1.165, 1.54) is 0 Å². The molecule has 0 saturated heterocycles. The summed E-state index contributed by atoms with van der Waals surface area (Å²) in [5.41, 5.74) is 6.25. The Morgan fingerprint density at radius 2 is 0.646 bits per heavy atom. The molecule has 0 spiro atoms. The van der Waals surface area contributed by atoms with Crippen LogP contribution in [0.4, 0.5) is 11.4 Å². The van der Waals surface area contributed by atoms with E-state index in [1.807, 2.05) is 98.8 Å². The zero-order valence-corrected chi connectivity index (χ0v) is 26.6. The molecule has 0 fully saturated rings. The van der Waals surface area contributed by atoms with E-state index in [-0.39, 0.29) is 11.5 Å². The van der Waals surface area contributed by atoms with Gasteiger partial charge in [-0.05, 0) is 81.2 Å². The Balaban J connectivity index is 1.34. The highest BCUT2D eigenvalue weighted by atomic mass is 16.3. The van der Waals surface area contributed by atoms with Gasteiger partial charge in [-0.1, -0.05) is 121 Å². The third kappa shape index (κ3) is 4.95. The highest BCUT2D eigenvalue weighted by Crippen LogP contribution is 2.47. The smallest absolute Gasteiger partial charge is 0.124 e. The lowest BCUT2D eigenvalue weighted by molar-refractivity contribution is 0.477. The minimum absolute atomic E-state index is 0.209. The molecule has 2 N–H and O–H groups in total. The van der Waals surface area contributed by atoms with E-state index in [4.69, 9.17) is 9.98 Å². The van der Waals surface area contributed by atoms with Crippen LogP contribution in [0.5, 0.6) is 11.5 Å². The van der Waals surface area contributed by atoms with Crippen LogP contribution < -0.4 is 0 Å². The van der Waals surface area contributed by atoms with Crippen LogP contribution >= 0.6 is 0 Å². The Kier molecular flexibility index (Phi) is 7.19. The first-order valence-corrected chi connectivity index (χ1v) is 16.0. The molecule has 230 valence electrons. The fraction of sp³-hybridized carbons (Fsp3) is 0.0455. The standard InChI is InChI=1S/C44H32N2O2/c1-27(45-37-23-19-29-11-3-7-15-33(29)41(37)43-35-17-9-5-13-31(35)21-25-39(43)47)28(2)46-38-24-20-30-12-4-8-16-34(30)42(38)44-36-18-10-6-14-32(36)22-26-40(44)48/h3-26,47-48H,1-2H3. The molecule has 0 bridgehead atoms. The van der Waals surface area contributed by atoms with E-state index in [9.17, 15) is 10.2 Å². The summed E-state index contributed by atoms with van der Waals surface area (Å²) in [4.78, 5) is 10.4. The molecule has 8 rings (SSSR count). The fourth-order valence-electron chi connectivity index (χ4n) is 6.80. The van der Waals surface area contributed by atoms with Crippen molar-refractivity contribution >= 4 is 65.9 Å². The summed E-state index contributed by atoms with van der Waals surface area (Å²) in [6, 6.07) is 48.2. The van der Waals surface area contributed by atoms with Crippen molar-refractivity contribution in [3.63, 3.8) is 0 Å². The Hall–Kier alpha value is -6.26. The molecule has 0 radical (unpaired) electrons. The molecule has 0 saturated carbocycles. The minimum atomic E-state index is 0.209. The van der Waals surface area contributed by atoms with E-state index >= 15 is 0 Å². The summed E-state index contributed by atoms with van der Waals surface area (Å²) in [6.07, 6.45) is 0. The monoisotopic (exact) mass is 620 g/mol. The first-order chi connectivity index (χ1) is 23.5. The number of hydrogen-bond donors (Lipinski definition) is 2. The van der Waals surface area contributed by atoms with Gasteiger partial charge in [-0.15, -0.1) is 0 Å². The maximum Gasteiger partial charge on any atom is 0.124 e. The summed E-state index contributed by atoms with van der Waals surface area (Å²) in [5, 5.41) is 30.8. The van der Waals surface area contributed by atoms with Crippen LogP contribution in [0.3, 0.4) is 0 Å². The zero-order valence-electron chi connectivity index (χ0n) is 26.6. The Labute approximate surface area is 278 Å². The van der Waals surface area contributed by atoms with Crippen molar-refractivity contribution in [1.29, 1.82) is 0 Å². The molecule has 48 heavy (non-hydrogen) atoms. The first kappa shape index (κ1) is 29.2. The highest BCUT2D eigenvalue weighted by Gasteiger charge is 2.19. The molecular formula is C44H32N2O2. The quantitative estimate of drug-likeness (QED) is 0.188. The highest BCUT2D eigenvalue weighted by molar-refractivity contribution is 6.42. The number of hydrogen-bond acceptors (Lipinski definition) is 4. The number of phenolic OH excluding ortho intramolecular Hbond substituents is 2. The van der Waals surface area contributed by atoms with Gasteiger partial charge < -0.3 is 10.2 Å². The fourth-order valence-corrected chi connectivity index (χ4v) is 6.80. The van der Waals surface area contributed by atoms with Gasteiger partial charge >= 0.3 is 0 Å². The zero-order chi connectivity index (χ0) is 32.8. The van der Waals surface area contributed by atoms with Crippen LogP contribution in [0.25, 0.3) is 65.3 Å². The van der Waals surface area contributed by atoms with Crippen LogP contribution in [0.1, 0.15) is 13.8 Å². The van der Waals surface area contributed by atoms with E-state index in [1.54, 1.807) is 12.1 Å². The third-order valence-corrected chi connectivity index (χ3v) is 9.23. The van der Waals surface area contributed by atoms with Crippen LogP contribution in [0, 0.1) is 0 Å². The first-order valence-electron chi connectivity index (χ1n) is 16.0. The number of aromatic hydroxyl groups is 2. The molecule has 8 aromatic carbocycles. The molecule has 0 atom stereocenters. The second kappa shape index (κ2) is 11.8. The van der Waals surface area contributed by atoms with Gasteiger partial charge in [0.25, 0.3) is 0 Å². The van der Waals surface area contributed by atoms with Gasteiger partial charge in [0.2, 0.25) is 0 Å².